The zero-order valence-corrected chi connectivity index (χ0v) is 20.2. The summed E-state index contributed by atoms with van der Waals surface area (Å²) in [5, 5.41) is 3.59. The van der Waals surface area contributed by atoms with E-state index in [9.17, 15) is 26.4 Å². The van der Waals surface area contributed by atoms with Crippen molar-refractivity contribution < 1.29 is 31.2 Å². The quantitative estimate of drug-likeness (QED) is 0.540. The molecule has 1 aromatic carbocycles. The number of carbonyl (C=O) groups excluding carboxylic acids is 1. The summed E-state index contributed by atoms with van der Waals surface area (Å²) < 4.78 is 63.9. The number of halogens is 3. The van der Waals surface area contributed by atoms with Crippen LogP contribution in [0.3, 0.4) is 0 Å². The van der Waals surface area contributed by atoms with Gasteiger partial charge in [-0.05, 0) is 65.5 Å². The molecule has 0 amide bonds. The van der Waals surface area contributed by atoms with Crippen molar-refractivity contribution in [1.82, 2.24) is 14.8 Å². The highest BCUT2D eigenvalue weighted by molar-refractivity contribution is 7.88. The zero-order valence-electron chi connectivity index (χ0n) is 19.3. The largest absolute Gasteiger partial charge is 0.492 e. The Labute approximate surface area is 202 Å². The molecule has 35 heavy (non-hydrogen) atoms. The standard InChI is InChI=1S/C24H28F3N3O4S/c1-2-14-35(32,33)30(34-22(31)24(25,26)27)16-17-7-8-18-9-13-29-21(19(18)15-17)23(10-5-11-23)20-6-3-4-12-28-20/h3-4,6-8,12,15,21,29H,2,5,9-11,13-14,16H2,1H3. The van der Waals surface area contributed by atoms with Gasteiger partial charge < -0.3 is 10.2 Å². The van der Waals surface area contributed by atoms with Crippen LogP contribution in [0.25, 0.3) is 0 Å². The first-order valence-corrected chi connectivity index (χ1v) is 13.2. The van der Waals surface area contributed by atoms with E-state index in [1.54, 1.807) is 19.2 Å². The number of pyridine rings is 1. The average Bonchev–Trinajstić information content (AvgIpc) is 2.78. The van der Waals surface area contributed by atoms with Gasteiger partial charge in [0.1, 0.15) is 0 Å². The van der Waals surface area contributed by atoms with Gasteiger partial charge in [0, 0.05) is 23.3 Å². The summed E-state index contributed by atoms with van der Waals surface area (Å²) in [6.45, 7) is 1.83. The van der Waals surface area contributed by atoms with Crippen molar-refractivity contribution in [3.8, 4) is 0 Å². The molecule has 2 aliphatic rings. The van der Waals surface area contributed by atoms with E-state index in [-0.39, 0.29) is 22.3 Å². The Kier molecular flexibility index (Phi) is 7.21. The summed E-state index contributed by atoms with van der Waals surface area (Å²) in [5.74, 6) is -3.02. The summed E-state index contributed by atoms with van der Waals surface area (Å²) in [4.78, 5) is 20.4. The van der Waals surface area contributed by atoms with E-state index >= 15 is 0 Å². The third-order valence-electron chi connectivity index (χ3n) is 6.74. The van der Waals surface area contributed by atoms with Gasteiger partial charge in [0.25, 0.3) is 0 Å². The second-order valence-electron chi connectivity index (χ2n) is 9.05. The molecule has 0 bridgehead atoms. The fourth-order valence-electron chi connectivity index (χ4n) is 4.94. The molecule has 1 saturated carbocycles. The number of benzene rings is 1. The number of sulfonamides is 1. The van der Waals surface area contributed by atoms with Gasteiger partial charge in [-0.1, -0.05) is 37.6 Å². The van der Waals surface area contributed by atoms with Crippen LogP contribution in [-0.4, -0.2) is 42.3 Å². The summed E-state index contributed by atoms with van der Waals surface area (Å²) in [6.07, 6.45) is 0.305. The van der Waals surface area contributed by atoms with Crippen molar-refractivity contribution in [3.63, 3.8) is 0 Å². The number of nitrogens with one attached hydrogen (secondary N) is 1. The fraction of sp³-hybridized carbons (Fsp3) is 0.500. The smallest absolute Gasteiger partial charge is 0.345 e. The van der Waals surface area contributed by atoms with Crippen LogP contribution in [0.2, 0.25) is 0 Å². The molecule has 1 atom stereocenters. The third kappa shape index (κ3) is 5.22. The number of fused-ring (bicyclic) bond motifs is 1. The summed E-state index contributed by atoms with van der Waals surface area (Å²) in [7, 11) is -4.26. The van der Waals surface area contributed by atoms with Crippen LogP contribution in [0.15, 0.2) is 42.6 Å². The molecule has 4 rings (SSSR count). The molecule has 11 heteroatoms. The maximum absolute atomic E-state index is 12.8. The van der Waals surface area contributed by atoms with Crippen LogP contribution in [0, 0.1) is 0 Å². The molecule has 1 unspecified atom stereocenters. The van der Waals surface area contributed by atoms with Gasteiger partial charge >= 0.3 is 12.1 Å². The number of hydrogen-bond donors (Lipinski definition) is 1. The SMILES string of the molecule is CCCS(=O)(=O)N(Cc1ccc2c(c1)C(C1(c3ccccn3)CCC1)NCC2)OC(=O)C(F)(F)F. The molecule has 7 nitrogen and oxygen atoms in total. The van der Waals surface area contributed by atoms with Gasteiger partial charge in [-0.3, -0.25) is 4.98 Å². The molecular formula is C24H28F3N3O4S. The summed E-state index contributed by atoms with van der Waals surface area (Å²) >= 11 is 0. The molecule has 1 aliphatic carbocycles. The molecule has 0 saturated heterocycles. The lowest BCUT2D eigenvalue weighted by molar-refractivity contribution is -0.223. The molecule has 2 aromatic rings. The van der Waals surface area contributed by atoms with E-state index in [1.807, 2.05) is 30.3 Å². The van der Waals surface area contributed by atoms with Crippen molar-refractivity contribution in [2.24, 2.45) is 0 Å². The Hall–Kier alpha value is -2.50. The van der Waals surface area contributed by atoms with Crippen LogP contribution in [0.5, 0.6) is 0 Å². The van der Waals surface area contributed by atoms with Crippen LogP contribution in [0.4, 0.5) is 13.2 Å². The minimum atomic E-state index is -5.32. The predicted molar refractivity (Wildman–Crippen MR) is 122 cm³/mol. The lowest BCUT2D eigenvalue weighted by Crippen LogP contribution is -2.49. The minimum Gasteiger partial charge on any atom is -0.345 e. The maximum atomic E-state index is 12.8. The highest BCUT2D eigenvalue weighted by Gasteiger charge is 2.48. The molecule has 0 radical (unpaired) electrons. The first-order chi connectivity index (χ1) is 16.6. The number of nitrogens with zero attached hydrogens (tertiary/aromatic N) is 2. The molecule has 1 aromatic heterocycles. The van der Waals surface area contributed by atoms with Crippen LogP contribution >= 0.6 is 0 Å². The summed E-state index contributed by atoms with van der Waals surface area (Å²) in [5.41, 5.74) is 3.26. The number of carbonyl (C=O) groups is 1. The molecule has 2 heterocycles. The zero-order chi connectivity index (χ0) is 25.3. The van der Waals surface area contributed by atoms with Crippen molar-refractivity contribution in [2.75, 3.05) is 12.3 Å². The van der Waals surface area contributed by atoms with Crippen molar-refractivity contribution in [2.45, 2.75) is 63.2 Å². The van der Waals surface area contributed by atoms with Crippen molar-refractivity contribution in [1.29, 1.82) is 0 Å². The Morgan fingerprint density at radius 3 is 2.63 bits per heavy atom. The van der Waals surface area contributed by atoms with Crippen LogP contribution in [0.1, 0.15) is 61.0 Å². The van der Waals surface area contributed by atoms with E-state index in [0.717, 1.165) is 49.0 Å². The van der Waals surface area contributed by atoms with E-state index in [2.05, 4.69) is 15.1 Å². The lowest BCUT2D eigenvalue weighted by atomic mass is 9.59. The van der Waals surface area contributed by atoms with Crippen LogP contribution in [-0.2, 0) is 38.0 Å². The van der Waals surface area contributed by atoms with E-state index in [0.29, 0.717) is 5.56 Å². The minimum absolute atomic E-state index is 0.0757. The third-order valence-corrected chi connectivity index (χ3v) is 8.49. The lowest BCUT2D eigenvalue weighted by Gasteiger charge is -2.49. The van der Waals surface area contributed by atoms with Crippen molar-refractivity contribution >= 4 is 16.0 Å². The number of aromatic nitrogens is 1. The number of alkyl halides is 3. The van der Waals surface area contributed by atoms with E-state index < -0.39 is 34.5 Å². The normalized spacial score (nSPS) is 19.6. The van der Waals surface area contributed by atoms with Gasteiger partial charge in [0.2, 0.25) is 10.0 Å². The fourth-order valence-corrected chi connectivity index (χ4v) is 6.19. The van der Waals surface area contributed by atoms with Gasteiger partial charge in [-0.15, -0.1) is 0 Å². The Morgan fingerprint density at radius 1 is 1.26 bits per heavy atom. The predicted octanol–water partition coefficient (Wildman–Crippen LogP) is 3.95. The van der Waals surface area contributed by atoms with E-state index in [1.165, 1.54) is 0 Å². The second kappa shape index (κ2) is 9.87. The molecule has 0 spiro atoms. The average molecular weight is 512 g/mol. The molecule has 1 fully saturated rings. The Morgan fingerprint density at radius 2 is 2.03 bits per heavy atom. The van der Waals surface area contributed by atoms with E-state index in [4.69, 9.17) is 0 Å². The second-order valence-corrected chi connectivity index (χ2v) is 11.0. The van der Waals surface area contributed by atoms with Gasteiger partial charge in [-0.2, -0.15) is 13.2 Å². The van der Waals surface area contributed by atoms with Gasteiger partial charge in [0.05, 0.1) is 12.3 Å². The molecule has 190 valence electrons. The monoisotopic (exact) mass is 511 g/mol. The molecular weight excluding hydrogens is 483 g/mol. The number of hydrogen-bond acceptors (Lipinski definition) is 6. The first kappa shape index (κ1) is 25.6. The number of hydroxylamine groups is 1. The Bertz CT molecular complexity index is 1170. The summed E-state index contributed by atoms with van der Waals surface area (Å²) in [6, 6.07) is 11.1. The maximum Gasteiger partial charge on any atom is 0.492 e. The molecule has 1 aliphatic heterocycles. The topological polar surface area (TPSA) is 88.6 Å². The van der Waals surface area contributed by atoms with Crippen LogP contribution < -0.4 is 5.32 Å². The highest BCUT2D eigenvalue weighted by atomic mass is 32.2. The Balaban J connectivity index is 1.67. The van der Waals surface area contributed by atoms with Gasteiger partial charge in [0.15, 0.2) is 0 Å². The highest BCUT2D eigenvalue weighted by Crippen LogP contribution is 2.52. The van der Waals surface area contributed by atoms with Gasteiger partial charge in [-0.25, -0.2) is 13.2 Å². The molecule has 1 N–H and O–H groups in total. The number of rotatable bonds is 8. The first-order valence-electron chi connectivity index (χ1n) is 11.6. The van der Waals surface area contributed by atoms with Crippen molar-refractivity contribution in [3.05, 3.63) is 65.0 Å².